The van der Waals surface area contributed by atoms with E-state index in [1.165, 1.54) is 6.07 Å². The first-order valence-electron chi connectivity index (χ1n) is 6.14. The summed E-state index contributed by atoms with van der Waals surface area (Å²) in [6.07, 6.45) is 1.72. The molecule has 0 saturated heterocycles. The maximum Gasteiger partial charge on any atom is 0.303 e. The largest absolute Gasteiger partial charge is 0.481 e. The molecule has 100 valence electrons. The highest BCUT2D eigenvalue weighted by Crippen LogP contribution is 2.10. The van der Waals surface area contributed by atoms with Crippen LogP contribution in [0.25, 0.3) is 0 Å². The number of aliphatic carboxylic acids is 1. The molecule has 1 aromatic rings. The Morgan fingerprint density at radius 3 is 2.72 bits per heavy atom. The van der Waals surface area contributed by atoms with Crippen LogP contribution in [0.2, 0.25) is 0 Å². The lowest BCUT2D eigenvalue weighted by molar-refractivity contribution is -0.137. The van der Waals surface area contributed by atoms with Crippen LogP contribution < -0.4 is 0 Å². The van der Waals surface area contributed by atoms with Gasteiger partial charge in [-0.1, -0.05) is 12.1 Å². The summed E-state index contributed by atoms with van der Waals surface area (Å²) in [5, 5.41) is 8.54. The third kappa shape index (κ3) is 5.27. The van der Waals surface area contributed by atoms with Gasteiger partial charge in [0.25, 0.3) is 0 Å². The maximum absolute atomic E-state index is 13.1. The molecule has 0 radical (unpaired) electrons. The maximum atomic E-state index is 13.1. The van der Waals surface area contributed by atoms with Gasteiger partial charge in [0.15, 0.2) is 0 Å². The second-order valence-electron chi connectivity index (χ2n) is 4.63. The van der Waals surface area contributed by atoms with E-state index in [0.29, 0.717) is 12.0 Å². The minimum absolute atomic E-state index is 0.173. The Kier molecular flexibility index (Phi) is 5.78. The summed E-state index contributed by atoms with van der Waals surface area (Å²) in [7, 11) is 1.97. The number of hydrogen-bond donors (Lipinski definition) is 1. The van der Waals surface area contributed by atoms with Gasteiger partial charge in [-0.25, -0.2) is 4.39 Å². The number of aryl methyl sites for hydroxylation is 1. The van der Waals surface area contributed by atoms with Crippen molar-refractivity contribution in [3.8, 4) is 0 Å². The molecule has 0 bridgehead atoms. The number of halogens is 1. The van der Waals surface area contributed by atoms with Gasteiger partial charge in [-0.05, 0) is 50.6 Å². The monoisotopic (exact) mass is 253 g/mol. The van der Waals surface area contributed by atoms with Gasteiger partial charge >= 0.3 is 5.97 Å². The molecule has 0 aliphatic rings. The van der Waals surface area contributed by atoms with E-state index in [0.717, 1.165) is 25.1 Å². The molecule has 0 amide bonds. The fourth-order valence-corrected chi connectivity index (χ4v) is 1.79. The van der Waals surface area contributed by atoms with Crippen molar-refractivity contribution in [3.63, 3.8) is 0 Å². The van der Waals surface area contributed by atoms with Crippen LogP contribution in [-0.2, 0) is 11.2 Å². The predicted molar refractivity (Wildman–Crippen MR) is 69.2 cm³/mol. The van der Waals surface area contributed by atoms with Crippen molar-refractivity contribution in [2.75, 3.05) is 20.1 Å². The average molecular weight is 253 g/mol. The number of benzene rings is 1. The van der Waals surface area contributed by atoms with Gasteiger partial charge < -0.3 is 10.0 Å². The van der Waals surface area contributed by atoms with Crippen molar-refractivity contribution in [2.24, 2.45) is 0 Å². The molecule has 0 heterocycles. The SMILES string of the molecule is Cc1cc(CCN(C)CCCC(=O)O)ccc1F. The van der Waals surface area contributed by atoms with E-state index in [-0.39, 0.29) is 12.2 Å². The number of rotatable bonds is 7. The number of carboxylic acid groups (broad SMARTS) is 1. The molecule has 0 saturated carbocycles. The molecule has 0 aliphatic carbocycles. The Bertz CT molecular complexity index is 407. The summed E-state index contributed by atoms with van der Waals surface area (Å²) in [4.78, 5) is 12.5. The molecule has 1 N–H and O–H groups in total. The Hall–Kier alpha value is -1.42. The van der Waals surface area contributed by atoms with E-state index < -0.39 is 5.97 Å². The molecule has 18 heavy (non-hydrogen) atoms. The van der Waals surface area contributed by atoms with Crippen molar-refractivity contribution in [3.05, 3.63) is 35.1 Å². The van der Waals surface area contributed by atoms with E-state index in [1.54, 1.807) is 13.0 Å². The third-order valence-corrected chi connectivity index (χ3v) is 2.94. The van der Waals surface area contributed by atoms with Gasteiger partial charge in [-0.15, -0.1) is 0 Å². The number of hydrogen-bond acceptors (Lipinski definition) is 2. The van der Waals surface area contributed by atoms with Crippen molar-refractivity contribution in [1.82, 2.24) is 4.90 Å². The summed E-state index contributed by atoms with van der Waals surface area (Å²) in [5.74, 6) is -0.925. The van der Waals surface area contributed by atoms with Crippen LogP contribution >= 0.6 is 0 Å². The Balaban J connectivity index is 2.31. The Labute approximate surface area is 107 Å². The highest BCUT2D eigenvalue weighted by atomic mass is 19.1. The molecule has 0 fully saturated rings. The molecule has 1 rings (SSSR count). The van der Waals surface area contributed by atoms with Gasteiger partial charge in [-0.2, -0.15) is 0 Å². The highest BCUT2D eigenvalue weighted by Gasteiger charge is 2.03. The van der Waals surface area contributed by atoms with Gasteiger partial charge in [-0.3, -0.25) is 4.79 Å². The van der Waals surface area contributed by atoms with E-state index in [2.05, 4.69) is 4.90 Å². The lowest BCUT2D eigenvalue weighted by Crippen LogP contribution is -2.23. The fourth-order valence-electron chi connectivity index (χ4n) is 1.79. The van der Waals surface area contributed by atoms with Crippen LogP contribution in [0.1, 0.15) is 24.0 Å². The molecule has 4 heteroatoms. The molecular formula is C14H20FNO2. The number of carboxylic acids is 1. The lowest BCUT2D eigenvalue weighted by Gasteiger charge is -2.16. The Morgan fingerprint density at radius 2 is 2.11 bits per heavy atom. The summed E-state index contributed by atoms with van der Waals surface area (Å²) in [6.45, 7) is 3.38. The van der Waals surface area contributed by atoms with Gasteiger partial charge in [0.1, 0.15) is 5.82 Å². The molecule has 3 nitrogen and oxygen atoms in total. The first-order chi connectivity index (χ1) is 8.49. The highest BCUT2D eigenvalue weighted by molar-refractivity contribution is 5.66. The third-order valence-electron chi connectivity index (χ3n) is 2.94. The lowest BCUT2D eigenvalue weighted by atomic mass is 10.1. The minimum atomic E-state index is -0.752. The summed E-state index contributed by atoms with van der Waals surface area (Å²) in [5.41, 5.74) is 1.78. The molecule has 1 aromatic carbocycles. The normalized spacial score (nSPS) is 10.9. The zero-order valence-electron chi connectivity index (χ0n) is 10.9. The first kappa shape index (κ1) is 14.6. The van der Waals surface area contributed by atoms with E-state index in [4.69, 9.17) is 5.11 Å². The summed E-state index contributed by atoms with van der Waals surface area (Å²) in [6, 6.07) is 5.16. The van der Waals surface area contributed by atoms with E-state index in [9.17, 15) is 9.18 Å². The average Bonchev–Trinajstić information content (AvgIpc) is 2.30. The molecular weight excluding hydrogens is 233 g/mol. The summed E-state index contributed by atoms with van der Waals surface area (Å²) >= 11 is 0. The fraction of sp³-hybridized carbons (Fsp3) is 0.500. The number of nitrogens with zero attached hydrogens (tertiary/aromatic N) is 1. The van der Waals surface area contributed by atoms with Crippen LogP contribution in [0, 0.1) is 12.7 Å². The molecule has 0 aromatic heterocycles. The van der Waals surface area contributed by atoms with Gasteiger partial charge in [0.2, 0.25) is 0 Å². The minimum Gasteiger partial charge on any atom is -0.481 e. The standard InChI is InChI=1S/C14H20FNO2/c1-11-10-12(5-6-13(11)15)7-9-16(2)8-3-4-14(17)18/h5-6,10H,3-4,7-9H2,1-2H3,(H,17,18). The van der Waals surface area contributed by atoms with Crippen molar-refractivity contribution in [2.45, 2.75) is 26.2 Å². The topological polar surface area (TPSA) is 40.5 Å². The van der Waals surface area contributed by atoms with Crippen molar-refractivity contribution in [1.29, 1.82) is 0 Å². The van der Waals surface area contributed by atoms with Crippen LogP contribution in [0.5, 0.6) is 0 Å². The van der Waals surface area contributed by atoms with Crippen LogP contribution in [-0.4, -0.2) is 36.1 Å². The van der Waals surface area contributed by atoms with Crippen LogP contribution in [0.4, 0.5) is 4.39 Å². The van der Waals surface area contributed by atoms with Crippen LogP contribution in [0.3, 0.4) is 0 Å². The van der Waals surface area contributed by atoms with Gasteiger partial charge in [0.05, 0.1) is 0 Å². The molecule has 0 spiro atoms. The molecule has 0 unspecified atom stereocenters. The van der Waals surface area contributed by atoms with Gasteiger partial charge in [0, 0.05) is 13.0 Å². The number of likely N-dealkylation sites (N-methyl/N-ethyl adjacent to an activating group) is 1. The van der Waals surface area contributed by atoms with Crippen molar-refractivity contribution < 1.29 is 14.3 Å². The Morgan fingerprint density at radius 1 is 1.39 bits per heavy atom. The van der Waals surface area contributed by atoms with Crippen LogP contribution in [0.15, 0.2) is 18.2 Å². The van der Waals surface area contributed by atoms with E-state index in [1.807, 2.05) is 13.1 Å². The predicted octanol–water partition coefficient (Wildman–Crippen LogP) is 2.47. The second kappa shape index (κ2) is 7.11. The zero-order chi connectivity index (χ0) is 13.5. The summed E-state index contributed by atoms with van der Waals surface area (Å²) < 4.78 is 13.1. The smallest absolute Gasteiger partial charge is 0.303 e. The molecule has 0 atom stereocenters. The van der Waals surface area contributed by atoms with E-state index >= 15 is 0 Å². The zero-order valence-corrected chi connectivity index (χ0v) is 10.9. The number of carbonyl (C=O) groups is 1. The first-order valence-corrected chi connectivity index (χ1v) is 6.14. The quantitative estimate of drug-likeness (QED) is 0.811. The molecule has 0 aliphatic heterocycles. The van der Waals surface area contributed by atoms with Crippen molar-refractivity contribution >= 4 is 5.97 Å². The second-order valence-corrected chi connectivity index (χ2v) is 4.63.